The monoisotopic (exact) mass is 440 g/mol. The van der Waals surface area contributed by atoms with Crippen LogP contribution in [0.2, 0.25) is 0 Å². The van der Waals surface area contributed by atoms with Crippen LogP contribution in [0.3, 0.4) is 0 Å². The Labute approximate surface area is 190 Å². The lowest BCUT2D eigenvalue weighted by Crippen LogP contribution is -1.97. The number of ether oxygens (including phenoxy) is 2. The van der Waals surface area contributed by atoms with E-state index in [4.69, 9.17) is 9.47 Å². The van der Waals surface area contributed by atoms with Gasteiger partial charge in [0.15, 0.2) is 11.5 Å². The van der Waals surface area contributed by atoms with Crippen LogP contribution >= 0.6 is 11.3 Å². The highest BCUT2D eigenvalue weighted by Gasteiger charge is 2.12. The molecule has 32 heavy (non-hydrogen) atoms. The molecular weight excluding hydrogens is 420 g/mol. The maximum absolute atomic E-state index is 10.1. The normalized spacial score (nSPS) is 11.1. The summed E-state index contributed by atoms with van der Waals surface area (Å²) in [7, 11) is 1.59. The first-order valence-corrected chi connectivity index (χ1v) is 10.8. The van der Waals surface area contributed by atoms with Crippen molar-refractivity contribution in [2.24, 2.45) is 0 Å². The number of phenolic OH excluding ortho intramolecular Hbond substituents is 1. The number of aromatic hydroxyl groups is 1. The molecule has 0 aliphatic carbocycles. The molecule has 5 nitrogen and oxygen atoms in total. The molecule has 1 N–H and O–H groups in total. The lowest BCUT2D eigenvalue weighted by molar-refractivity contribution is 0.284. The van der Waals surface area contributed by atoms with E-state index in [1.165, 1.54) is 11.3 Å². The van der Waals surface area contributed by atoms with E-state index in [1.807, 2.05) is 60.0 Å². The molecule has 0 saturated carbocycles. The first-order valence-electron chi connectivity index (χ1n) is 9.89. The van der Waals surface area contributed by atoms with E-state index in [1.54, 1.807) is 31.4 Å². The molecule has 158 valence electrons. The quantitative estimate of drug-likeness (QED) is 0.348. The topological polar surface area (TPSA) is 75.4 Å². The molecule has 1 heterocycles. The molecule has 0 fully saturated rings. The summed E-state index contributed by atoms with van der Waals surface area (Å²) in [6, 6.07) is 24.7. The SMILES string of the molecule is COc1cc(C=C(C#N)c2nc(-c3ccccc3O)cs2)ccc1OCc1ccccc1. The summed E-state index contributed by atoms with van der Waals surface area (Å²) < 4.78 is 11.4. The fourth-order valence-electron chi connectivity index (χ4n) is 3.15. The Morgan fingerprint density at radius 3 is 2.59 bits per heavy atom. The second kappa shape index (κ2) is 9.82. The molecule has 0 bridgehead atoms. The molecule has 0 atom stereocenters. The largest absolute Gasteiger partial charge is 0.507 e. The zero-order valence-corrected chi connectivity index (χ0v) is 18.2. The van der Waals surface area contributed by atoms with E-state index in [2.05, 4.69) is 11.1 Å². The Hall–Kier alpha value is -4.08. The summed E-state index contributed by atoms with van der Waals surface area (Å²) in [5.74, 6) is 1.37. The lowest BCUT2D eigenvalue weighted by atomic mass is 10.1. The van der Waals surface area contributed by atoms with Crippen LogP contribution in [-0.4, -0.2) is 17.2 Å². The number of thiazole rings is 1. The average molecular weight is 441 g/mol. The van der Waals surface area contributed by atoms with Crippen molar-refractivity contribution in [1.82, 2.24) is 4.98 Å². The smallest absolute Gasteiger partial charge is 0.161 e. The Kier molecular flexibility index (Phi) is 6.49. The molecular formula is C26H20N2O3S. The van der Waals surface area contributed by atoms with Crippen molar-refractivity contribution < 1.29 is 14.6 Å². The predicted molar refractivity (Wildman–Crippen MR) is 126 cm³/mol. The number of hydrogen-bond donors (Lipinski definition) is 1. The van der Waals surface area contributed by atoms with Gasteiger partial charge < -0.3 is 14.6 Å². The third-order valence-corrected chi connectivity index (χ3v) is 5.65. The number of rotatable bonds is 7. The molecule has 0 saturated heterocycles. The first-order chi connectivity index (χ1) is 15.7. The fraction of sp³-hybridized carbons (Fsp3) is 0.0769. The molecule has 0 aliphatic heterocycles. The molecule has 1 aromatic heterocycles. The molecule has 4 aromatic rings. The van der Waals surface area contributed by atoms with Gasteiger partial charge in [-0.15, -0.1) is 11.3 Å². The van der Waals surface area contributed by atoms with Gasteiger partial charge in [-0.25, -0.2) is 4.98 Å². The van der Waals surface area contributed by atoms with Crippen LogP contribution in [-0.2, 0) is 6.61 Å². The summed E-state index contributed by atoms with van der Waals surface area (Å²) in [5.41, 5.74) is 3.55. The Bertz CT molecular complexity index is 1290. The van der Waals surface area contributed by atoms with E-state index in [-0.39, 0.29) is 5.75 Å². The molecule has 0 aliphatic rings. The molecule has 0 radical (unpaired) electrons. The van der Waals surface area contributed by atoms with Gasteiger partial charge in [-0.2, -0.15) is 5.26 Å². The zero-order chi connectivity index (χ0) is 22.3. The minimum absolute atomic E-state index is 0.155. The molecule has 0 unspecified atom stereocenters. The Balaban J connectivity index is 1.57. The highest BCUT2D eigenvalue weighted by atomic mass is 32.1. The van der Waals surface area contributed by atoms with Gasteiger partial charge in [-0.05, 0) is 41.5 Å². The van der Waals surface area contributed by atoms with Gasteiger partial charge in [-0.3, -0.25) is 0 Å². The Morgan fingerprint density at radius 1 is 1.06 bits per heavy atom. The summed E-state index contributed by atoms with van der Waals surface area (Å²) in [6.45, 7) is 0.435. The van der Waals surface area contributed by atoms with E-state index in [9.17, 15) is 10.4 Å². The van der Waals surface area contributed by atoms with Crippen molar-refractivity contribution in [2.45, 2.75) is 6.61 Å². The van der Waals surface area contributed by atoms with Gasteiger partial charge in [0.1, 0.15) is 23.4 Å². The van der Waals surface area contributed by atoms with Gasteiger partial charge in [-0.1, -0.05) is 48.5 Å². The third-order valence-electron chi connectivity index (χ3n) is 4.77. The second-order valence-corrected chi connectivity index (χ2v) is 7.77. The number of phenols is 1. The number of nitrogens with zero attached hydrogens (tertiary/aromatic N) is 2. The van der Waals surface area contributed by atoms with E-state index in [0.717, 1.165) is 11.1 Å². The van der Waals surface area contributed by atoms with Crippen molar-refractivity contribution in [2.75, 3.05) is 7.11 Å². The molecule has 4 rings (SSSR count). The molecule has 0 spiro atoms. The average Bonchev–Trinajstić information content (AvgIpc) is 3.32. The number of allylic oxidation sites excluding steroid dienone is 1. The van der Waals surface area contributed by atoms with Gasteiger partial charge in [0.2, 0.25) is 0 Å². The Morgan fingerprint density at radius 2 is 1.84 bits per heavy atom. The van der Waals surface area contributed by atoms with Crippen molar-refractivity contribution >= 4 is 23.0 Å². The van der Waals surface area contributed by atoms with Gasteiger partial charge in [0.05, 0.1) is 18.4 Å². The van der Waals surface area contributed by atoms with Gasteiger partial charge in [0, 0.05) is 10.9 Å². The van der Waals surface area contributed by atoms with Crippen molar-refractivity contribution in [3.63, 3.8) is 0 Å². The predicted octanol–water partition coefficient (Wildman–Crippen LogP) is 6.17. The minimum Gasteiger partial charge on any atom is -0.507 e. The molecule has 3 aromatic carbocycles. The third kappa shape index (κ3) is 4.80. The molecule has 6 heteroatoms. The standard InChI is InChI=1S/C26H20N2O3S/c1-30-25-14-19(11-12-24(25)31-16-18-7-3-2-4-8-18)13-20(15-27)26-28-22(17-32-26)21-9-5-6-10-23(21)29/h2-14,17,29H,16H2,1H3. The molecule has 0 amide bonds. The van der Waals surface area contributed by atoms with Crippen LogP contribution in [0, 0.1) is 11.3 Å². The van der Waals surface area contributed by atoms with Crippen molar-refractivity contribution in [1.29, 1.82) is 5.26 Å². The minimum atomic E-state index is 0.155. The lowest BCUT2D eigenvalue weighted by Gasteiger charge is -2.11. The summed E-state index contributed by atoms with van der Waals surface area (Å²) in [5, 5.41) is 22.2. The zero-order valence-electron chi connectivity index (χ0n) is 17.4. The number of para-hydroxylation sites is 1. The highest BCUT2D eigenvalue weighted by Crippen LogP contribution is 2.33. The van der Waals surface area contributed by atoms with Crippen LogP contribution in [0.1, 0.15) is 16.1 Å². The van der Waals surface area contributed by atoms with Crippen molar-refractivity contribution in [3.8, 4) is 34.6 Å². The number of benzene rings is 3. The number of hydrogen-bond acceptors (Lipinski definition) is 6. The van der Waals surface area contributed by atoms with Crippen LogP contribution in [0.4, 0.5) is 0 Å². The maximum Gasteiger partial charge on any atom is 0.161 e. The van der Waals surface area contributed by atoms with E-state index >= 15 is 0 Å². The number of nitriles is 1. The first kappa shape index (κ1) is 21.2. The van der Waals surface area contributed by atoms with Crippen LogP contribution < -0.4 is 9.47 Å². The van der Waals surface area contributed by atoms with Gasteiger partial charge >= 0.3 is 0 Å². The van der Waals surface area contributed by atoms with Crippen LogP contribution in [0.15, 0.2) is 78.2 Å². The van der Waals surface area contributed by atoms with Crippen molar-refractivity contribution in [3.05, 3.63) is 94.3 Å². The summed E-state index contributed by atoms with van der Waals surface area (Å²) in [4.78, 5) is 4.54. The second-order valence-electron chi connectivity index (χ2n) is 6.91. The van der Waals surface area contributed by atoms with E-state index in [0.29, 0.717) is 39.9 Å². The van der Waals surface area contributed by atoms with Crippen LogP contribution in [0.25, 0.3) is 22.9 Å². The maximum atomic E-state index is 10.1. The summed E-state index contributed by atoms with van der Waals surface area (Å²) in [6.07, 6.45) is 1.76. The number of aromatic nitrogens is 1. The fourth-order valence-corrected chi connectivity index (χ4v) is 3.93. The number of methoxy groups -OCH3 is 1. The summed E-state index contributed by atoms with van der Waals surface area (Å²) >= 11 is 1.35. The van der Waals surface area contributed by atoms with E-state index < -0.39 is 0 Å². The highest BCUT2D eigenvalue weighted by molar-refractivity contribution is 7.11. The van der Waals surface area contributed by atoms with Gasteiger partial charge in [0.25, 0.3) is 0 Å². The van der Waals surface area contributed by atoms with Crippen LogP contribution in [0.5, 0.6) is 17.2 Å².